The summed E-state index contributed by atoms with van der Waals surface area (Å²) in [6, 6.07) is 15.9. The molecule has 0 aliphatic carbocycles. The van der Waals surface area contributed by atoms with Crippen LogP contribution in [0.4, 0.5) is 10.1 Å². The zero-order valence-corrected chi connectivity index (χ0v) is 14.7. The molecular weight excluding hydrogens is 349 g/mol. The minimum atomic E-state index is -0.269. The van der Waals surface area contributed by atoms with E-state index in [1.165, 1.54) is 23.5 Å². The molecule has 0 unspecified atom stereocenters. The lowest BCUT2D eigenvalue weighted by atomic mass is 10.2. The largest absolute Gasteiger partial charge is 0.463 e. The van der Waals surface area contributed by atoms with Crippen LogP contribution < -0.4 is 4.80 Å². The quantitative estimate of drug-likeness (QED) is 0.509. The van der Waals surface area contributed by atoms with E-state index in [4.69, 9.17) is 4.42 Å². The summed E-state index contributed by atoms with van der Waals surface area (Å²) in [6.45, 7) is 0.719. The summed E-state index contributed by atoms with van der Waals surface area (Å²) in [5, 5.41) is 2.03. The Hall–Kier alpha value is -2.99. The SMILES string of the molecule is Fc1ccc(N=c2scc(-c3ccco3)n2CCc2ccccn2)cc1. The maximum absolute atomic E-state index is 13.1. The molecule has 4 aromatic rings. The van der Waals surface area contributed by atoms with Crippen LogP contribution in [0.2, 0.25) is 0 Å². The van der Waals surface area contributed by atoms with Crippen LogP contribution >= 0.6 is 11.3 Å². The highest BCUT2D eigenvalue weighted by molar-refractivity contribution is 7.07. The normalized spacial score (nSPS) is 11.8. The first-order valence-electron chi connectivity index (χ1n) is 8.22. The van der Waals surface area contributed by atoms with Gasteiger partial charge in [-0.1, -0.05) is 6.07 Å². The molecule has 0 N–H and O–H groups in total. The third kappa shape index (κ3) is 3.65. The van der Waals surface area contributed by atoms with Crippen molar-refractivity contribution in [2.24, 2.45) is 4.99 Å². The van der Waals surface area contributed by atoms with Gasteiger partial charge >= 0.3 is 0 Å². The highest BCUT2D eigenvalue weighted by Crippen LogP contribution is 2.21. The van der Waals surface area contributed by atoms with E-state index in [1.54, 1.807) is 24.6 Å². The van der Waals surface area contributed by atoms with E-state index in [0.29, 0.717) is 5.69 Å². The first-order chi connectivity index (χ1) is 12.8. The minimum absolute atomic E-state index is 0.269. The van der Waals surface area contributed by atoms with Crippen molar-refractivity contribution in [3.63, 3.8) is 0 Å². The van der Waals surface area contributed by atoms with E-state index in [0.717, 1.165) is 34.9 Å². The molecule has 4 rings (SSSR count). The average molecular weight is 365 g/mol. The molecule has 0 spiro atoms. The van der Waals surface area contributed by atoms with Crippen molar-refractivity contribution in [2.45, 2.75) is 13.0 Å². The molecule has 0 amide bonds. The molecule has 0 atom stereocenters. The van der Waals surface area contributed by atoms with Crippen LogP contribution in [0, 0.1) is 5.82 Å². The van der Waals surface area contributed by atoms with Crippen LogP contribution in [0.1, 0.15) is 5.69 Å². The zero-order chi connectivity index (χ0) is 17.8. The number of thiazole rings is 1. The highest BCUT2D eigenvalue weighted by Gasteiger charge is 2.11. The summed E-state index contributed by atoms with van der Waals surface area (Å²) in [7, 11) is 0. The van der Waals surface area contributed by atoms with E-state index >= 15 is 0 Å². The van der Waals surface area contributed by atoms with E-state index in [-0.39, 0.29) is 5.82 Å². The summed E-state index contributed by atoms with van der Waals surface area (Å²) in [5.74, 6) is 0.525. The van der Waals surface area contributed by atoms with Gasteiger partial charge in [0.25, 0.3) is 0 Å². The van der Waals surface area contributed by atoms with E-state index in [9.17, 15) is 4.39 Å². The molecule has 0 aliphatic rings. The molecular formula is C20H16FN3OS. The molecule has 4 nitrogen and oxygen atoms in total. The number of aryl methyl sites for hydroxylation is 1. The monoisotopic (exact) mass is 365 g/mol. The molecule has 0 bridgehead atoms. The van der Waals surface area contributed by atoms with Gasteiger partial charge < -0.3 is 8.98 Å². The summed E-state index contributed by atoms with van der Waals surface area (Å²) >= 11 is 1.53. The maximum Gasteiger partial charge on any atom is 0.190 e. The number of aromatic nitrogens is 2. The molecule has 1 aromatic carbocycles. The number of benzene rings is 1. The summed E-state index contributed by atoms with van der Waals surface area (Å²) < 4.78 is 20.8. The molecule has 0 aliphatic heterocycles. The fraction of sp³-hybridized carbons (Fsp3) is 0.100. The van der Waals surface area contributed by atoms with Gasteiger partial charge in [-0.15, -0.1) is 11.3 Å². The summed E-state index contributed by atoms with van der Waals surface area (Å²) in [5.41, 5.74) is 2.70. The second-order valence-electron chi connectivity index (χ2n) is 5.69. The first kappa shape index (κ1) is 16.5. The average Bonchev–Trinajstić information content (AvgIpc) is 3.32. The lowest BCUT2D eigenvalue weighted by Gasteiger charge is -2.07. The van der Waals surface area contributed by atoms with Crippen molar-refractivity contribution < 1.29 is 8.81 Å². The Labute approximate surface area is 153 Å². The van der Waals surface area contributed by atoms with Crippen LogP contribution in [0.15, 0.2) is 81.8 Å². The third-order valence-corrected chi connectivity index (χ3v) is 4.80. The number of hydrogen-bond acceptors (Lipinski definition) is 4. The van der Waals surface area contributed by atoms with Crippen molar-refractivity contribution >= 4 is 17.0 Å². The molecule has 3 heterocycles. The molecule has 0 saturated carbocycles. The molecule has 0 saturated heterocycles. The molecule has 3 aromatic heterocycles. The Balaban J connectivity index is 1.73. The summed E-state index contributed by atoms with van der Waals surface area (Å²) in [6.07, 6.45) is 4.24. The predicted octanol–water partition coefficient (Wildman–Crippen LogP) is 4.82. The van der Waals surface area contributed by atoms with Crippen molar-refractivity contribution in [2.75, 3.05) is 0 Å². The van der Waals surface area contributed by atoms with Crippen LogP contribution in [-0.2, 0) is 13.0 Å². The van der Waals surface area contributed by atoms with E-state index in [1.807, 2.05) is 35.7 Å². The van der Waals surface area contributed by atoms with Crippen molar-refractivity contribution in [3.8, 4) is 11.5 Å². The first-order valence-corrected chi connectivity index (χ1v) is 9.10. The van der Waals surface area contributed by atoms with Crippen LogP contribution in [0.5, 0.6) is 0 Å². The maximum atomic E-state index is 13.1. The Morgan fingerprint density at radius 2 is 1.96 bits per heavy atom. The van der Waals surface area contributed by atoms with Gasteiger partial charge in [-0.3, -0.25) is 4.98 Å². The lowest BCUT2D eigenvalue weighted by Crippen LogP contribution is -2.17. The number of pyridine rings is 1. The Bertz CT molecular complexity index is 1030. The fourth-order valence-corrected chi connectivity index (χ4v) is 3.59. The van der Waals surface area contributed by atoms with Crippen LogP contribution in [0.25, 0.3) is 11.5 Å². The Kier molecular flexibility index (Phi) is 4.75. The fourth-order valence-electron chi connectivity index (χ4n) is 2.66. The van der Waals surface area contributed by atoms with E-state index < -0.39 is 0 Å². The van der Waals surface area contributed by atoms with Gasteiger partial charge in [-0.25, -0.2) is 9.38 Å². The molecule has 26 heavy (non-hydrogen) atoms. The number of hydrogen-bond donors (Lipinski definition) is 0. The third-order valence-electron chi connectivity index (χ3n) is 3.94. The zero-order valence-electron chi connectivity index (χ0n) is 13.9. The van der Waals surface area contributed by atoms with Crippen molar-refractivity contribution in [3.05, 3.63) is 88.7 Å². The van der Waals surface area contributed by atoms with Gasteiger partial charge in [-0.2, -0.15) is 0 Å². The topological polar surface area (TPSA) is 43.3 Å². The number of halogens is 1. The van der Waals surface area contributed by atoms with Crippen molar-refractivity contribution in [1.29, 1.82) is 0 Å². The highest BCUT2D eigenvalue weighted by atomic mass is 32.1. The van der Waals surface area contributed by atoms with Gasteiger partial charge in [0.1, 0.15) is 5.82 Å². The molecule has 6 heteroatoms. The molecule has 0 fully saturated rings. The van der Waals surface area contributed by atoms with Gasteiger partial charge in [0.05, 0.1) is 17.6 Å². The second-order valence-corrected chi connectivity index (χ2v) is 6.53. The molecule has 0 radical (unpaired) electrons. The van der Waals surface area contributed by atoms with Crippen LogP contribution in [-0.4, -0.2) is 9.55 Å². The van der Waals surface area contributed by atoms with Crippen LogP contribution in [0.3, 0.4) is 0 Å². The molecule has 130 valence electrons. The number of rotatable bonds is 5. The van der Waals surface area contributed by atoms with Gasteiger partial charge in [0.15, 0.2) is 10.6 Å². The standard InChI is InChI=1S/C20H16FN3OS/c21-15-6-8-17(9-7-15)23-20-24(12-10-16-4-1-2-11-22-16)18(14-26-20)19-5-3-13-25-19/h1-9,11,13-14H,10,12H2. The second kappa shape index (κ2) is 7.49. The number of nitrogens with zero attached hydrogens (tertiary/aromatic N) is 3. The Morgan fingerprint density at radius 1 is 1.08 bits per heavy atom. The smallest absolute Gasteiger partial charge is 0.190 e. The lowest BCUT2D eigenvalue weighted by molar-refractivity contribution is 0.568. The van der Waals surface area contributed by atoms with Gasteiger partial charge in [-0.05, 0) is 48.5 Å². The Morgan fingerprint density at radius 3 is 2.69 bits per heavy atom. The van der Waals surface area contributed by atoms with E-state index in [2.05, 4.69) is 14.5 Å². The van der Waals surface area contributed by atoms with Gasteiger partial charge in [0, 0.05) is 30.2 Å². The predicted molar refractivity (Wildman–Crippen MR) is 99.6 cm³/mol. The van der Waals surface area contributed by atoms with Gasteiger partial charge in [0.2, 0.25) is 0 Å². The number of furan rings is 1. The minimum Gasteiger partial charge on any atom is -0.463 e. The van der Waals surface area contributed by atoms with Crippen molar-refractivity contribution in [1.82, 2.24) is 9.55 Å². The summed E-state index contributed by atoms with van der Waals surface area (Å²) in [4.78, 5) is 9.90.